The number of methoxy groups -OCH3 is 1. The molecule has 0 aliphatic carbocycles. The summed E-state index contributed by atoms with van der Waals surface area (Å²) in [4.78, 5) is 12.5. The molecule has 2 aliphatic rings. The zero-order valence-electron chi connectivity index (χ0n) is 20.0. The molecule has 0 saturated carbocycles. The molecule has 2 atom stereocenters. The Morgan fingerprint density at radius 2 is 1.62 bits per heavy atom. The Kier molecular flexibility index (Phi) is 6.14. The number of nitrogens with zero attached hydrogens (tertiary/aromatic N) is 2. The van der Waals surface area contributed by atoms with Crippen LogP contribution in [-0.2, 0) is 0 Å². The molecular weight excluding hydrogens is 532 g/mol. The molecule has 6 rings (SSSR count). The lowest BCUT2D eigenvalue weighted by Crippen LogP contribution is -2.33. The molecule has 184 valence electrons. The largest absolute Gasteiger partial charge is 0.497 e. The van der Waals surface area contributed by atoms with E-state index in [1.165, 1.54) is 0 Å². The van der Waals surface area contributed by atoms with Crippen LogP contribution in [0.3, 0.4) is 0 Å². The van der Waals surface area contributed by atoms with Gasteiger partial charge in [0, 0.05) is 22.0 Å². The Labute approximate surface area is 223 Å². The van der Waals surface area contributed by atoms with Crippen molar-refractivity contribution in [1.29, 1.82) is 0 Å². The maximum absolute atomic E-state index is 12.5. The van der Waals surface area contributed by atoms with Gasteiger partial charge < -0.3 is 14.2 Å². The molecule has 4 aromatic carbocycles. The van der Waals surface area contributed by atoms with Crippen molar-refractivity contribution in [2.24, 2.45) is 5.10 Å². The summed E-state index contributed by atoms with van der Waals surface area (Å²) >= 11 is 3.38. The first-order valence-electron chi connectivity index (χ1n) is 11.9. The first kappa shape index (κ1) is 23.3. The topological polar surface area (TPSA) is 60.4 Å². The van der Waals surface area contributed by atoms with Crippen molar-refractivity contribution in [2.45, 2.75) is 18.7 Å². The average molecular weight is 555 g/mol. The van der Waals surface area contributed by atoms with E-state index in [9.17, 15) is 4.79 Å². The molecular formula is C30H23BrN2O4. The molecule has 2 aliphatic heterocycles. The molecule has 0 N–H and O–H groups in total. The minimum Gasteiger partial charge on any atom is -0.497 e. The number of hydrogen-bond donors (Lipinski definition) is 0. The summed E-state index contributed by atoms with van der Waals surface area (Å²) in [5.41, 5.74) is 4.58. The van der Waals surface area contributed by atoms with E-state index in [0.717, 1.165) is 44.8 Å². The molecule has 7 heteroatoms. The Morgan fingerprint density at radius 1 is 0.919 bits per heavy atom. The fourth-order valence-corrected chi connectivity index (χ4v) is 4.93. The lowest BCUT2D eigenvalue weighted by molar-refractivity contribution is -0.0190. The minimum atomic E-state index is -0.410. The van der Waals surface area contributed by atoms with E-state index >= 15 is 0 Å². The van der Waals surface area contributed by atoms with E-state index < -0.39 is 12.2 Å². The number of halogens is 1. The third-order valence-electron chi connectivity index (χ3n) is 6.58. The van der Waals surface area contributed by atoms with Gasteiger partial charge in [0.05, 0.1) is 24.4 Å². The summed E-state index contributed by atoms with van der Waals surface area (Å²) < 4.78 is 18.2. The molecule has 37 heavy (non-hydrogen) atoms. The number of hydrazone groups is 1. The van der Waals surface area contributed by atoms with Gasteiger partial charge in [0.15, 0.2) is 0 Å². The van der Waals surface area contributed by atoms with Gasteiger partial charge in [-0.05, 0) is 84.4 Å². The minimum absolute atomic E-state index is 0.0574. The summed E-state index contributed by atoms with van der Waals surface area (Å²) in [5, 5.41) is 7.04. The Morgan fingerprint density at radius 3 is 2.35 bits per heavy atom. The van der Waals surface area contributed by atoms with Crippen LogP contribution in [0.4, 0.5) is 0 Å². The normalized spacial score (nSPS) is 17.8. The van der Waals surface area contributed by atoms with Crippen molar-refractivity contribution in [2.75, 3.05) is 7.11 Å². The smallest absolute Gasteiger partial charge is 0.343 e. The predicted octanol–water partition coefficient (Wildman–Crippen LogP) is 6.92. The lowest BCUT2D eigenvalue weighted by Gasteiger charge is -2.38. The quantitative estimate of drug-likeness (QED) is 0.198. The van der Waals surface area contributed by atoms with Crippen molar-refractivity contribution in [3.05, 3.63) is 124 Å². The molecule has 0 saturated heterocycles. The van der Waals surface area contributed by atoms with Crippen LogP contribution in [0.2, 0.25) is 0 Å². The Bertz CT molecular complexity index is 1470. The number of fused-ring (bicyclic) bond motifs is 3. The fraction of sp³-hybridized carbons (Fsp3) is 0.133. The van der Waals surface area contributed by atoms with Crippen LogP contribution in [-0.4, -0.2) is 23.8 Å². The Hall–Kier alpha value is -4.10. The van der Waals surface area contributed by atoms with Crippen LogP contribution in [0.1, 0.15) is 45.7 Å². The molecule has 4 aromatic rings. The Balaban J connectivity index is 1.27. The van der Waals surface area contributed by atoms with Crippen LogP contribution in [0.5, 0.6) is 17.2 Å². The summed E-state index contributed by atoms with van der Waals surface area (Å²) in [6, 6.07) is 30.6. The number of carbonyl (C=O) groups excluding carboxylic acids is 1. The number of ether oxygens (including phenoxy) is 3. The van der Waals surface area contributed by atoms with Crippen molar-refractivity contribution in [1.82, 2.24) is 5.01 Å². The highest BCUT2D eigenvalue weighted by atomic mass is 79.9. The molecule has 0 amide bonds. The van der Waals surface area contributed by atoms with Gasteiger partial charge in [0.1, 0.15) is 17.2 Å². The first-order chi connectivity index (χ1) is 18.1. The van der Waals surface area contributed by atoms with E-state index in [2.05, 4.69) is 22.0 Å². The summed E-state index contributed by atoms with van der Waals surface area (Å²) in [7, 11) is 1.66. The first-order valence-corrected chi connectivity index (χ1v) is 12.7. The highest BCUT2D eigenvalue weighted by Gasteiger charge is 2.40. The second-order valence-corrected chi connectivity index (χ2v) is 9.76. The van der Waals surface area contributed by atoms with Crippen LogP contribution in [0.15, 0.2) is 107 Å². The van der Waals surface area contributed by atoms with E-state index in [4.69, 9.17) is 19.3 Å². The number of para-hydroxylation sites is 1. The molecule has 0 bridgehead atoms. The second-order valence-electron chi connectivity index (χ2n) is 8.85. The maximum Gasteiger partial charge on any atom is 0.343 e. The van der Waals surface area contributed by atoms with Crippen LogP contribution in [0, 0.1) is 0 Å². The molecule has 0 unspecified atom stereocenters. The highest BCUT2D eigenvalue weighted by molar-refractivity contribution is 9.10. The zero-order chi connectivity index (χ0) is 25.4. The summed E-state index contributed by atoms with van der Waals surface area (Å²) in [6.07, 6.45) is 0.360. The van der Waals surface area contributed by atoms with Crippen molar-refractivity contribution in [3.63, 3.8) is 0 Å². The highest BCUT2D eigenvalue weighted by Crippen LogP contribution is 2.47. The van der Waals surface area contributed by atoms with Crippen molar-refractivity contribution in [3.8, 4) is 17.2 Å². The molecule has 0 spiro atoms. The van der Waals surface area contributed by atoms with E-state index in [0.29, 0.717) is 11.3 Å². The van der Waals surface area contributed by atoms with Gasteiger partial charge in [-0.15, -0.1) is 0 Å². The van der Waals surface area contributed by atoms with Crippen LogP contribution < -0.4 is 14.2 Å². The predicted molar refractivity (Wildman–Crippen MR) is 144 cm³/mol. The van der Waals surface area contributed by atoms with E-state index in [1.807, 2.05) is 71.7 Å². The van der Waals surface area contributed by atoms with Crippen LogP contribution in [0.25, 0.3) is 0 Å². The van der Waals surface area contributed by atoms with E-state index in [-0.39, 0.29) is 6.04 Å². The van der Waals surface area contributed by atoms with E-state index in [1.54, 1.807) is 31.4 Å². The van der Waals surface area contributed by atoms with Crippen LogP contribution >= 0.6 is 15.9 Å². The summed E-state index contributed by atoms with van der Waals surface area (Å²) in [6.45, 7) is 0. The second kappa shape index (κ2) is 9.75. The van der Waals surface area contributed by atoms with Gasteiger partial charge in [-0.25, -0.2) is 9.80 Å². The molecule has 0 radical (unpaired) electrons. The number of hydrogen-bond acceptors (Lipinski definition) is 6. The number of carbonyl (C=O) groups is 1. The average Bonchev–Trinajstić information content (AvgIpc) is 3.39. The third-order valence-corrected chi connectivity index (χ3v) is 7.11. The monoisotopic (exact) mass is 554 g/mol. The molecule has 0 aromatic heterocycles. The van der Waals surface area contributed by atoms with Gasteiger partial charge in [-0.2, -0.15) is 5.10 Å². The van der Waals surface area contributed by atoms with Gasteiger partial charge >= 0.3 is 5.97 Å². The van der Waals surface area contributed by atoms with Gasteiger partial charge in [-0.1, -0.05) is 34.1 Å². The van der Waals surface area contributed by atoms with Gasteiger partial charge in [0.2, 0.25) is 6.23 Å². The molecule has 2 heterocycles. The maximum atomic E-state index is 12.5. The molecule has 0 fully saturated rings. The van der Waals surface area contributed by atoms with Gasteiger partial charge in [0.25, 0.3) is 0 Å². The molecule has 6 nitrogen and oxygen atoms in total. The number of esters is 1. The lowest BCUT2D eigenvalue weighted by atomic mass is 9.96. The van der Waals surface area contributed by atoms with Crippen molar-refractivity contribution >= 4 is 27.6 Å². The SMILES string of the molecule is COc1ccc(C2=NN3[C@@H](c4ccc(OC(=O)c5ccc(Br)cc5)cc4)Oc4ccccc4[C@@H]3C2)cc1. The number of rotatable bonds is 5. The zero-order valence-corrected chi connectivity index (χ0v) is 21.6. The fourth-order valence-electron chi connectivity index (χ4n) is 4.66. The summed E-state index contributed by atoms with van der Waals surface area (Å²) in [5.74, 6) is 1.72. The van der Waals surface area contributed by atoms with Crippen molar-refractivity contribution < 1.29 is 19.0 Å². The number of benzene rings is 4. The standard InChI is InChI=1S/C30H23BrN2O4/c1-35-23-14-8-19(9-15-23)26-18-27-25-4-2-3-5-28(25)37-29(33(27)32-26)20-10-16-24(17-11-20)36-30(34)21-6-12-22(31)13-7-21/h2-17,27,29H,18H2,1H3/t27-,29+/m0/s1. The third kappa shape index (κ3) is 4.58. The van der Waals surface area contributed by atoms with Gasteiger partial charge in [-0.3, -0.25) is 0 Å².